The Labute approximate surface area is 156 Å². The number of hydrogen-bond acceptors (Lipinski definition) is 3. The third-order valence-electron chi connectivity index (χ3n) is 4.29. The van der Waals surface area contributed by atoms with Gasteiger partial charge in [-0.15, -0.1) is 0 Å². The molecule has 2 rings (SSSR count). The Hall–Kier alpha value is -2.34. The van der Waals surface area contributed by atoms with Crippen molar-refractivity contribution in [3.05, 3.63) is 66.2 Å². The first kappa shape index (κ1) is 20.0. The van der Waals surface area contributed by atoms with Gasteiger partial charge in [0.25, 0.3) is 0 Å². The lowest BCUT2D eigenvalue weighted by atomic mass is 10.0. The highest BCUT2D eigenvalue weighted by Gasteiger charge is 2.31. The van der Waals surface area contributed by atoms with E-state index in [1.807, 2.05) is 50.2 Å². The normalized spacial score (nSPS) is 13.7. The van der Waals surface area contributed by atoms with Crippen LogP contribution in [0.25, 0.3) is 0 Å². The van der Waals surface area contributed by atoms with E-state index in [0.29, 0.717) is 18.7 Å². The molecule has 2 atom stereocenters. The molecule has 0 radical (unpaired) electrons. The van der Waals surface area contributed by atoms with Crippen molar-refractivity contribution in [3.8, 4) is 0 Å². The predicted octanol–water partition coefficient (Wildman–Crippen LogP) is 3.15. The number of carbonyl (C=O) groups excluding carboxylic acids is 1. The van der Waals surface area contributed by atoms with Gasteiger partial charge in [0, 0.05) is 6.54 Å². The number of amides is 1. The summed E-state index contributed by atoms with van der Waals surface area (Å²) in [6, 6.07) is 17.8. The van der Waals surface area contributed by atoms with E-state index < -0.39 is 16.1 Å². The van der Waals surface area contributed by atoms with E-state index in [9.17, 15) is 13.2 Å². The number of carbonyl (C=O) groups is 1. The predicted molar refractivity (Wildman–Crippen MR) is 106 cm³/mol. The van der Waals surface area contributed by atoms with E-state index in [1.54, 1.807) is 24.3 Å². The van der Waals surface area contributed by atoms with Crippen LogP contribution in [0.1, 0.15) is 31.7 Å². The van der Waals surface area contributed by atoms with Crippen LogP contribution in [0.2, 0.25) is 0 Å². The molecule has 0 saturated heterocycles. The van der Waals surface area contributed by atoms with Crippen LogP contribution < -0.4 is 9.62 Å². The summed E-state index contributed by atoms with van der Waals surface area (Å²) in [5, 5.41) is 2.91. The number of benzene rings is 2. The Morgan fingerprint density at radius 2 is 1.58 bits per heavy atom. The van der Waals surface area contributed by atoms with Crippen molar-refractivity contribution in [1.29, 1.82) is 0 Å². The fraction of sp³-hybridized carbons (Fsp3) is 0.350. The van der Waals surface area contributed by atoms with Crippen LogP contribution in [-0.2, 0) is 14.8 Å². The lowest BCUT2D eigenvalue weighted by Crippen LogP contribution is -2.49. The van der Waals surface area contributed by atoms with Crippen molar-refractivity contribution in [3.63, 3.8) is 0 Å². The summed E-state index contributed by atoms with van der Waals surface area (Å²) in [6.45, 7) is 4.29. The summed E-state index contributed by atoms with van der Waals surface area (Å²) in [7, 11) is -3.59. The molecule has 6 heteroatoms. The Morgan fingerprint density at radius 3 is 2.08 bits per heavy atom. The molecule has 0 spiro atoms. The van der Waals surface area contributed by atoms with Crippen molar-refractivity contribution in [2.75, 3.05) is 17.1 Å². The van der Waals surface area contributed by atoms with Crippen LogP contribution in [0.15, 0.2) is 60.7 Å². The molecular weight excluding hydrogens is 348 g/mol. The number of sulfonamides is 1. The Balaban J connectivity index is 2.15. The minimum absolute atomic E-state index is 0.140. The largest absolute Gasteiger partial charge is 0.354 e. The van der Waals surface area contributed by atoms with Crippen molar-refractivity contribution >= 4 is 21.6 Å². The number of rotatable bonds is 8. The van der Waals surface area contributed by atoms with Crippen molar-refractivity contribution in [2.24, 2.45) is 0 Å². The lowest BCUT2D eigenvalue weighted by Gasteiger charge is -2.30. The summed E-state index contributed by atoms with van der Waals surface area (Å²) in [6.07, 6.45) is 1.51. The Bertz CT molecular complexity index is 807. The summed E-state index contributed by atoms with van der Waals surface area (Å²) in [5.74, 6) is -0.148. The second-order valence-electron chi connectivity index (χ2n) is 6.38. The van der Waals surface area contributed by atoms with E-state index >= 15 is 0 Å². The first-order valence-electron chi connectivity index (χ1n) is 8.71. The maximum absolute atomic E-state index is 12.8. The zero-order chi connectivity index (χ0) is 19.2. The van der Waals surface area contributed by atoms with Crippen LogP contribution in [0.5, 0.6) is 0 Å². The van der Waals surface area contributed by atoms with Gasteiger partial charge in [-0.05, 0) is 30.0 Å². The van der Waals surface area contributed by atoms with E-state index in [0.717, 1.165) is 11.8 Å². The average Bonchev–Trinajstić information content (AvgIpc) is 2.64. The topological polar surface area (TPSA) is 66.5 Å². The smallest absolute Gasteiger partial charge is 0.243 e. The van der Waals surface area contributed by atoms with Crippen LogP contribution >= 0.6 is 0 Å². The highest BCUT2D eigenvalue weighted by atomic mass is 32.2. The fourth-order valence-corrected chi connectivity index (χ4v) is 4.12. The molecule has 26 heavy (non-hydrogen) atoms. The Kier molecular flexibility index (Phi) is 6.80. The van der Waals surface area contributed by atoms with Crippen LogP contribution in [0, 0.1) is 0 Å². The highest BCUT2D eigenvalue weighted by Crippen LogP contribution is 2.22. The molecule has 0 aliphatic rings. The van der Waals surface area contributed by atoms with Gasteiger partial charge in [0.15, 0.2) is 0 Å². The van der Waals surface area contributed by atoms with Gasteiger partial charge in [-0.25, -0.2) is 8.42 Å². The first-order valence-corrected chi connectivity index (χ1v) is 10.6. The molecular formula is C20H26N2O3S. The third kappa shape index (κ3) is 5.08. The van der Waals surface area contributed by atoms with E-state index in [-0.39, 0.29) is 11.8 Å². The second kappa shape index (κ2) is 8.85. The highest BCUT2D eigenvalue weighted by molar-refractivity contribution is 7.92. The van der Waals surface area contributed by atoms with Crippen LogP contribution in [0.3, 0.4) is 0 Å². The molecule has 0 aliphatic carbocycles. The molecule has 2 aromatic rings. The SMILES string of the molecule is CCC(C(=O)NCC(C)c1ccccc1)N(c1ccccc1)S(C)(=O)=O. The zero-order valence-corrected chi connectivity index (χ0v) is 16.2. The number of hydrogen-bond donors (Lipinski definition) is 1. The van der Waals surface area contributed by atoms with Gasteiger partial charge in [-0.1, -0.05) is 62.4 Å². The Morgan fingerprint density at radius 1 is 1.04 bits per heavy atom. The molecule has 1 amide bonds. The minimum atomic E-state index is -3.59. The molecule has 0 aromatic heterocycles. The minimum Gasteiger partial charge on any atom is -0.354 e. The summed E-state index contributed by atoms with van der Waals surface area (Å²) in [4.78, 5) is 12.8. The van der Waals surface area contributed by atoms with E-state index in [2.05, 4.69) is 5.32 Å². The maximum Gasteiger partial charge on any atom is 0.243 e. The van der Waals surface area contributed by atoms with Crippen molar-refractivity contribution < 1.29 is 13.2 Å². The average molecular weight is 375 g/mol. The van der Waals surface area contributed by atoms with Crippen LogP contribution in [-0.4, -0.2) is 33.2 Å². The van der Waals surface area contributed by atoms with Gasteiger partial charge >= 0.3 is 0 Å². The molecule has 0 fully saturated rings. The van der Waals surface area contributed by atoms with Gasteiger partial charge in [-0.3, -0.25) is 9.10 Å². The van der Waals surface area contributed by atoms with Gasteiger partial charge in [0.1, 0.15) is 6.04 Å². The standard InChI is InChI=1S/C20H26N2O3S/c1-4-19(22(26(3,24)25)18-13-9-6-10-14-18)20(23)21-15-16(2)17-11-7-5-8-12-17/h5-14,16,19H,4,15H2,1-3H3,(H,21,23). The fourth-order valence-electron chi connectivity index (χ4n) is 2.91. The number of anilines is 1. The number of para-hydroxylation sites is 1. The number of nitrogens with zero attached hydrogens (tertiary/aromatic N) is 1. The molecule has 0 saturated carbocycles. The van der Waals surface area contributed by atoms with Gasteiger partial charge < -0.3 is 5.32 Å². The van der Waals surface area contributed by atoms with Crippen LogP contribution in [0.4, 0.5) is 5.69 Å². The quantitative estimate of drug-likeness (QED) is 0.772. The van der Waals surface area contributed by atoms with E-state index in [4.69, 9.17) is 0 Å². The van der Waals surface area contributed by atoms with Gasteiger partial charge in [-0.2, -0.15) is 0 Å². The molecule has 0 heterocycles. The van der Waals surface area contributed by atoms with Gasteiger partial charge in [0.2, 0.25) is 15.9 Å². The van der Waals surface area contributed by atoms with E-state index in [1.165, 1.54) is 4.31 Å². The summed E-state index contributed by atoms with van der Waals surface area (Å²) in [5.41, 5.74) is 1.62. The summed E-state index contributed by atoms with van der Waals surface area (Å²) < 4.78 is 25.9. The lowest BCUT2D eigenvalue weighted by molar-refractivity contribution is -0.122. The monoisotopic (exact) mass is 374 g/mol. The molecule has 2 aromatic carbocycles. The second-order valence-corrected chi connectivity index (χ2v) is 8.23. The van der Waals surface area contributed by atoms with Crippen molar-refractivity contribution in [1.82, 2.24) is 5.32 Å². The molecule has 1 N–H and O–H groups in total. The first-order chi connectivity index (χ1) is 12.3. The zero-order valence-electron chi connectivity index (χ0n) is 15.4. The number of nitrogens with one attached hydrogen (secondary N) is 1. The molecule has 5 nitrogen and oxygen atoms in total. The molecule has 2 unspecified atom stereocenters. The van der Waals surface area contributed by atoms with Gasteiger partial charge in [0.05, 0.1) is 11.9 Å². The summed E-state index contributed by atoms with van der Waals surface area (Å²) >= 11 is 0. The van der Waals surface area contributed by atoms with Crippen molar-refractivity contribution in [2.45, 2.75) is 32.2 Å². The molecule has 140 valence electrons. The molecule has 0 bridgehead atoms. The molecule has 0 aliphatic heterocycles. The maximum atomic E-state index is 12.8. The third-order valence-corrected chi connectivity index (χ3v) is 5.47.